The van der Waals surface area contributed by atoms with Crippen molar-refractivity contribution in [3.8, 4) is 0 Å². The van der Waals surface area contributed by atoms with Gasteiger partial charge in [0.05, 0.1) is 5.92 Å². The number of amidine groups is 1. The minimum Gasteiger partial charge on any atom is -0.409 e. The van der Waals surface area contributed by atoms with Gasteiger partial charge in [0.15, 0.2) is 5.84 Å². The predicted octanol–water partition coefficient (Wildman–Crippen LogP) is 0.312. The number of nitrogens with two attached hydrogens (primary N) is 1. The van der Waals surface area contributed by atoms with Gasteiger partial charge in [0.25, 0.3) is 0 Å². The van der Waals surface area contributed by atoms with Gasteiger partial charge in [-0.15, -0.1) is 0 Å². The number of nitrogens with zero attached hydrogens (tertiary/aromatic N) is 3. The van der Waals surface area contributed by atoms with Gasteiger partial charge in [0, 0.05) is 25.7 Å². The number of carbonyl (C=O) groups is 1. The summed E-state index contributed by atoms with van der Waals surface area (Å²) < 4.78 is 0. The van der Waals surface area contributed by atoms with E-state index in [0.29, 0.717) is 13.0 Å². The fourth-order valence-corrected chi connectivity index (χ4v) is 2.42. The van der Waals surface area contributed by atoms with Crippen molar-refractivity contribution in [3.63, 3.8) is 0 Å². The second-order valence-electron chi connectivity index (χ2n) is 5.01. The lowest BCUT2D eigenvalue weighted by atomic mass is 9.99. The van der Waals surface area contributed by atoms with Gasteiger partial charge in [-0.2, -0.15) is 0 Å². The van der Waals surface area contributed by atoms with E-state index in [9.17, 15) is 4.79 Å². The summed E-state index contributed by atoms with van der Waals surface area (Å²) in [6, 6.07) is 0.169. The van der Waals surface area contributed by atoms with Crippen LogP contribution >= 0.6 is 0 Å². The molecule has 2 atom stereocenters. The molecular formula is C12H24N4O2. The standard InChI is InChI=1S/C12H24N4O2/c1-4-5-10(11(13)14-18)12(17)16-7-6-15(3)8-9(16)2/h9-10,18H,4-8H2,1-3H3,(H2,13,14). The Bertz CT molecular complexity index is 319. The SMILES string of the molecule is CCCC(C(=O)N1CCN(C)CC1C)C(N)=NO. The average Bonchev–Trinajstić information content (AvgIpc) is 2.34. The molecule has 1 heterocycles. The summed E-state index contributed by atoms with van der Waals surface area (Å²) in [5.74, 6) is -0.494. The van der Waals surface area contributed by atoms with E-state index in [1.165, 1.54) is 0 Å². The number of likely N-dealkylation sites (N-methyl/N-ethyl adjacent to an activating group) is 1. The van der Waals surface area contributed by atoms with Gasteiger partial charge in [-0.3, -0.25) is 4.79 Å². The Balaban J connectivity index is 2.76. The van der Waals surface area contributed by atoms with E-state index in [1.807, 2.05) is 25.8 Å². The van der Waals surface area contributed by atoms with Crippen LogP contribution in [0.5, 0.6) is 0 Å². The van der Waals surface area contributed by atoms with Crippen LogP contribution in [0.15, 0.2) is 5.16 Å². The Kier molecular flexibility index (Phi) is 5.40. The molecule has 1 rings (SSSR count). The molecule has 0 aliphatic carbocycles. The highest BCUT2D eigenvalue weighted by molar-refractivity contribution is 6.02. The lowest BCUT2D eigenvalue weighted by Gasteiger charge is -2.39. The zero-order valence-corrected chi connectivity index (χ0v) is 11.5. The highest BCUT2D eigenvalue weighted by atomic mass is 16.4. The largest absolute Gasteiger partial charge is 0.409 e. The number of piperazine rings is 1. The lowest BCUT2D eigenvalue weighted by molar-refractivity contribution is -0.137. The molecule has 0 aromatic carbocycles. The van der Waals surface area contributed by atoms with Gasteiger partial charge in [-0.25, -0.2) is 0 Å². The second kappa shape index (κ2) is 6.58. The summed E-state index contributed by atoms with van der Waals surface area (Å²) >= 11 is 0. The molecule has 104 valence electrons. The molecule has 3 N–H and O–H groups in total. The van der Waals surface area contributed by atoms with E-state index >= 15 is 0 Å². The number of rotatable bonds is 4. The van der Waals surface area contributed by atoms with E-state index in [4.69, 9.17) is 10.9 Å². The van der Waals surface area contributed by atoms with Crippen LogP contribution in [0.3, 0.4) is 0 Å². The molecule has 1 amide bonds. The van der Waals surface area contributed by atoms with Crippen molar-refractivity contribution in [1.82, 2.24) is 9.80 Å². The van der Waals surface area contributed by atoms with Crippen molar-refractivity contribution >= 4 is 11.7 Å². The van der Waals surface area contributed by atoms with Crippen molar-refractivity contribution in [2.75, 3.05) is 26.7 Å². The van der Waals surface area contributed by atoms with Crippen LogP contribution in [-0.4, -0.2) is 59.5 Å². The molecule has 0 aromatic heterocycles. The Morgan fingerprint density at radius 1 is 1.56 bits per heavy atom. The summed E-state index contributed by atoms with van der Waals surface area (Å²) in [6.45, 7) is 6.45. The first kappa shape index (κ1) is 14.8. The summed E-state index contributed by atoms with van der Waals surface area (Å²) in [5, 5.41) is 11.8. The van der Waals surface area contributed by atoms with E-state index < -0.39 is 5.92 Å². The van der Waals surface area contributed by atoms with Gasteiger partial charge >= 0.3 is 0 Å². The Labute approximate surface area is 108 Å². The third-order valence-corrected chi connectivity index (χ3v) is 3.46. The van der Waals surface area contributed by atoms with Crippen molar-refractivity contribution in [3.05, 3.63) is 0 Å². The van der Waals surface area contributed by atoms with E-state index in [2.05, 4.69) is 10.1 Å². The molecule has 0 spiro atoms. The van der Waals surface area contributed by atoms with Crippen LogP contribution in [0.4, 0.5) is 0 Å². The number of hydrogen-bond acceptors (Lipinski definition) is 4. The Morgan fingerprint density at radius 2 is 2.22 bits per heavy atom. The second-order valence-corrected chi connectivity index (χ2v) is 5.01. The van der Waals surface area contributed by atoms with Gasteiger partial charge in [0.1, 0.15) is 0 Å². The number of carbonyl (C=O) groups excluding carboxylic acids is 1. The summed E-state index contributed by atoms with van der Waals surface area (Å²) in [4.78, 5) is 16.5. The van der Waals surface area contributed by atoms with Crippen molar-refractivity contribution in [2.24, 2.45) is 16.8 Å². The quantitative estimate of drug-likeness (QED) is 0.328. The van der Waals surface area contributed by atoms with E-state index in [0.717, 1.165) is 19.5 Å². The number of amides is 1. The molecule has 1 aliphatic heterocycles. The minimum atomic E-state index is -0.495. The first-order chi connectivity index (χ1) is 8.51. The first-order valence-electron chi connectivity index (χ1n) is 6.47. The van der Waals surface area contributed by atoms with Crippen LogP contribution in [-0.2, 0) is 4.79 Å². The van der Waals surface area contributed by atoms with E-state index in [-0.39, 0.29) is 17.8 Å². The molecule has 2 unspecified atom stereocenters. The molecule has 6 heteroatoms. The molecule has 0 radical (unpaired) electrons. The number of hydrogen-bond donors (Lipinski definition) is 2. The van der Waals surface area contributed by atoms with Gasteiger partial charge in [-0.1, -0.05) is 18.5 Å². The minimum absolute atomic E-state index is 0.0206. The fourth-order valence-electron chi connectivity index (χ4n) is 2.42. The molecular weight excluding hydrogens is 232 g/mol. The molecule has 6 nitrogen and oxygen atoms in total. The Hall–Kier alpha value is -1.30. The molecule has 1 saturated heterocycles. The fraction of sp³-hybridized carbons (Fsp3) is 0.833. The summed E-state index contributed by atoms with van der Waals surface area (Å²) in [7, 11) is 2.05. The van der Waals surface area contributed by atoms with Crippen molar-refractivity contribution in [2.45, 2.75) is 32.7 Å². The average molecular weight is 256 g/mol. The third kappa shape index (κ3) is 3.35. The van der Waals surface area contributed by atoms with Crippen LogP contribution < -0.4 is 5.73 Å². The molecule has 18 heavy (non-hydrogen) atoms. The normalized spacial score (nSPS) is 24.1. The van der Waals surface area contributed by atoms with Crippen LogP contribution in [0.2, 0.25) is 0 Å². The summed E-state index contributed by atoms with van der Waals surface area (Å²) in [6.07, 6.45) is 1.45. The first-order valence-corrected chi connectivity index (χ1v) is 6.47. The third-order valence-electron chi connectivity index (χ3n) is 3.46. The maximum atomic E-state index is 12.4. The molecule has 1 fully saturated rings. The van der Waals surface area contributed by atoms with Crippen LogP contribution in [0, 0.1) is 5.92 Å². The maximum Gasteiger partial charge on any atom is 0.233 e. The molecule has 0 aromatic rings. The monoisotopic (exact) mass is 256 g/mol. The van der Waals surface area contributed by atoms with Crippen molar-refractivity contribution in [1.29, 1.82) is 0 Å². The molecule has 0 bridgehead atoms. The van der Waals surface area contributed by atoms with E-state index in [1.54, 1.807) is 0 Å². The smallest absolute Gasteiger partial charge is 0.233 e. The number of oxime groups is 1. The zero-order chi connectivity index (χ0) is 13.7. The van der Waals surface area contributed by atoms with Gasteiger partial charge in [-0.05, 0) is 20.4 Å². The predicted molar refractivity (Wildman–Crippen MR) is 70.5 cm³/mol. The summed E-state index contributed by atoms with van der Waals surface area (Å²) in [5.41, 5.74) is 5.63. The highest BCUT2D eigenvalue weighted by Gasteiger charge is 2.32. The van der Waals surface area contributed by atoms with Crippen LogP contribution in [0.25, 0.3) is 0 Å². The maximum absolute atomic E-state index is 12.4. The van der Waals surface area contributed by atoms with Crippen LogP contribution in [0.1, 0.15) is 26.7 Å². The Morgan fingerprint density at radius 3 is 2.72 bits per heavy atom. The van der Waals surface area contributed by atoms with Gasteiger partial charge in [0.2, 0.25) is 5.91 Å². The molecule has 0 saturated carbocycles. The highest BCUT2D eigenvalue weighted by Crippen LogP contribution is 2.16. The van der Waals surface area contributed by atoms with Crippen molar-refractivity contribution < 1.29 is 10.0 Å². The topological polar surface area (TPSA) is 82.2 Å². The molecule has 1 aliphatic rings. The lowest BCUT2D eigenvalue weighted by Crippen LogP contribution is -2.55. The zero-order valence-electron chi connectivity index (χ0n) is 11.5. The van der Waals surface area contributed by atoms with Gasteiger partial charge < -0.3 is 20.7 Å².